The minimum Gasteiger partial charge on any atom is -0.329 e. The first kappa shape index (κ1) is 15.5. The van der Waals surface area contributed by atoms with Crippen LogP contribution < -0.4 is 0 Å². The third kappa shape index (κ3) is 2.25. The van der Waals surface area contributed by atoms with Gasteiger partial charge < -0.3 is 4.84 Å². The molecule has 5 nitrogen and oxygen atoms in total. The molecule has 6 heteroatoms. The third-order valence-electron chi connectivity index (χ3n) is 4.91. The molecular weight excluding hydrogens is 325 g/mol. The van der Waals surface area contributed by atoms with Crippen LogP contribution in [0.1, 0.15) is 45.5 Å². The molecule has 0 bridgehead atoms. The van der Waals surface area contributed by atoms with Crippen molar-refractivity contribution < 1.29 is 23.6 Å². The van der Waals surface area contributed by atoms with E-state index in [1.54, 1.807) is 18.2 Å². The zero-order valence-electron chi connectivity index (χ0n) is 13.2. The number of amides is 2. The number of carbonyl (C=O) groups is 3. The van der Waals surface area contributed by atoms with E-state index in [4.69, 9.17) is 4.84 Å². The number of imide groups is 1. The third-order valence-corrected chi connectivity index (χ3v) is 4.91. The van der Waals surface area contributed by atoms with Crippen molar-refractivity contribution in [1.82, 2.24) is 5.06 Å². The summed E-state index contributed by atoms with van der Waals surface area (Å²) >= 11 is 0. The fraction of sp³-hybridized carbons (Fsp3) is 0.211. The molecule has 25 heavy (non-hydrogen) atoms. The summed E-state index contributed by atoms with van der Waals surface area (Å²) in [5.74, 6) is -2.48. The number of benzene rings is 2. The van der Waals surface area contributed by atoms with Crippen LogP contribution in [0.4, 0.5) is 4.39 Å². The van der Waals surface area contributed by atoms with Gasteiger partial charge in [-0.3, -0.25) is 9.59 Å². The van der Waals surface area contributed by atoms with Gasteiger partial charge in [0.05, 0.1) is 16.5 Å². The minimum absolute atomic E-state index is 0.203. The topological polar surface area (TPSA) is 63.7 Å². The maximum Gasteiger partial charge on any atom is 0.343 e. The number of hydrogen-bond acceptors (Lipinski definition) is 4. The van der Waals surface area contributed by atoms with E-state index in [1.807, 2.05) is 0 Å². The van der Waals surface area contributed by atoms with Crippen molar-refractivity contribution >= 4 is 17.8 Å². The van der Waals surface area contributed by atoms with Gasteiger partial charge in [0, 0.05) is 0 Å². The maximum absolute atomic E-state index is 13.6. The van der Waals surface area contributed by atoms with E-state index < -0.39 is 29.0 Å². The highest BCUT2D eigenvalue weighted by molar-refractivity contribution is 6.21. The van der Waals surface area contributed by atoms with Crippen LogP contribution in [-0.4, -0.2) is 22.8 Å². The summed E-state index contributed by atoms with van der Waals surface area (Å²) in [5.41, 5.74) is -0.111. The molecule has 0 atom stereocenters. The molecule has 1 aliphatic carbocycles. The van der Waals surface area contributed by atoms with Gasteiger partial charge in [-0.15, -0.1) is 0 Å². The lowest BCUT2D eigenvalue weighted by Crippen LogP contribution is -2.47. The summed E-state index contributed by atoms with van der Waals surface area (Å²) in [5, 5.41) is 0.506. The smallest absolute Gasteiger partial charge is 0.329 e. The van der Waals surface area contributed by atoms with Crippen molar-refractivity contribution in [2.75, 3.05) is 0 Å². The van der Waals surface area contributed by atoms with E-state index >= 15 is 0 Å². The summed E-state index contributed by atoms with van der Waals surface area (Å²) in [6.07, 6.45) is 1.75. The quantitative estimate of drug-likeness (QED) is 0.807. The molecule has 4 rings (SSSR count). The molecule has 0 radical (unpaired) electrons. The zero-order chi connectivity index (χ0) is 17.6. The van der Waals surface area contributed by atoms with Crippen molar-refractivity contribution in [3.05, 3.63) is 71.0 Å². The van der Waals surface area contributed by atoms with Gasteiger partial charge in [-0.25, -0.2) is 9.18 Å². The highest BCUT2D eigenvalue weighted by Crippen LogP contribution is 2.45. The molecule has 126 valence electrons. The second-order valence-electron chi connectivity index (χ2n) is 6.28. The average Bonchev–Trinajstić information content (AvgIpc) is 2.80. The van der Waals surface area contributed by atoms with Crippen LogP contribution in [-0.2, 0) is 15.0 Å². The molecule has 0 aromatic heterocycles. The number of fused-ring (bicyclic) bond motifs is 1. The summed E-state index contributed by atoms with van der Waals surface area (Å²) < 4.78 is 13.6. The molecule has 0 spiro atoms. The normalized spacial score (nSPS) is 17.9. The Hall–Kier alpha value is -3.02. The molecule has 1 fully saturated rings. The molecular formula is C19H14FNO4. The Bertz CT molecular complexity index is 869. The number of rotatable bonds is 3. The first-order chi connectivity index (χ1) is 12.0. The van der Waals surface area contributed by atoms with E-state index in [2.05, 4.69) is 0 Å². The van der Waals surface area contributed by atoms with Gasteiger partial charge in [0.1, 0.15) is 5.82 Å². The predicted molar refractivity (Wildman–Crippen MR) is 85.0 cm³/mol. The van der Waals surface area contributed by atoms with Crippen molar-refractivity contribution in [1.29, 1.82) is 0 Å². The first-order valence-corrected chi connectivity index (χ1v) is 7.99. The van der Waals surface area contributed by atoms with Crippen LogP contribution in [0, 0.1) is 5.82 Å². The lowest BCUT2D eigenvalue weighted by atomic mass is 9.64. The number of hydrogen-bond donors (Lipinski definition) is 0. The van der Waals surface area contributed by atoms with Gasteiger partial charge >= 0.3 is 5.97 Å². The second-order valence-corrected chi connectivity index (χ2v) is 6.28. The maximum atomic E-state index is 13.6. The minimum atomic E-state index is -1.02. The van der Waals surface area contributed by atoms with Gasteiger partial charge in [-0.2, -0.15) is 0 Å². The SMILES string of the molecule is O=C1c2ccccc2C(=O)N1OC(=O)C1(c2cccc(F)c2)CCC1. The number of nitrogens with zero attached hydrogens (tertiary/aromatic N) is 1. The van der Waals surface area contributed by atoms with Gasteiger partial charge in [-0.1, -0.05) is 35.7 Å². The Morgan fingerprint density at radius 3 is 2.16 bits per heavy atom. The molecule has 2 aromatic carbocycles. The van der Waals surface area contributed by atoms with Crippen molar-refractivity contribution in [3.8, 4) is 0 Å². The van der Waals surface area contributed by atoms with Gasteiger partial charge in [0.25, 0.3) is 11.8 Å². The van der Waals surface area contributed by atoms with Crippen LogP contribution in [0.15, 0.2) is 48.5 Å². The predicted octanol–water partition coefficient (Wildman–Crippen LogP) is 3.00. The summed E-state index contributed by atoms with van der Waals surface area (Å²) in [7, 11) is 0. The Kier molecular flexibility index (Phi) is 3.42. The van der Waals surface area contributed by atoms with E-state index in [1.165, 1.54) is 30.3 Å². The van der Waals surface area contributed by atoms with Crippen LogP contribution in [0.2, 0.25) is 0 Å². The monoisotopic (exact) mass is 339 g/mol. The van der Waals surface area contributed by atoms with Crippen LogP contribution in [0.3, 0.4) is 0 Å². The molecule has 1 saturated carbocycles. The average molecular weight is 339 g/mol. The number of hydroxylamine groups is 2. The van der Waals surface area contributed by atoms with E-state index in [0.717, 1.165) is 6.42 Å². The van der Waals surface area contributed by atoms with Crippen LogP contribution in [0.5, 0.6) is 0 Å². The van der Waals surface area contributed by atoms with Crippen molar-refractivity contribution in [2.24, 2.45) is 0 Å². The molecule has 1 aliphatic heterocycles. The highest BCUT2D eigenvalue weighted by Gasteiger charge is 2.50. The number of halogens is 1. The zero-order valence-corrected chi connectivity index (χ0v) is 13.2. The molecule has 0 saturated heterocycles. The second kappa shape index (κ2) is 5.51. The van der Waals surface area contributed by atoms with Gasteiger partial charge in [0.15, 0.2) is 0 Å². The Balaban J connectivity index is 1.62. The lowest BCUT2D eigenvalue weighted by Gasteiger charge is -2.39. The van der Waals surface area contributed by atoms with E-state index in [0.29, 0.717) is 23.5 Å². The van der Waals surface area contributed by atoms with Crippen LogP contribution in [0.25, 0.3) is 0 Å². The molecule has 1 heterocycles. The summed E-state index contributed by atoms with van der Waals surface area (Å²) in [4.78, 5) is 42.6. The van der Waals surface area contributed by atoms with Gasteiger partial charge in [-0.05, 0) is 42.7 Å². The molecule has 2 aliphatic rings. The first-order valence-electron chi connectivity index (χ1n) is 7.99. The fourth-order valence-electron chi connectivity index (χ4n) is 3.35. The summed E-state index contributed by atoms with van der Waals surface area (Å²) in [6, 6.07) is 12.1. The molecule has 2 amide bonds. The van der Waals surface area contributed by atoms with Crippen LogP contribution >= 0.6 is 0 Å². The highest BCUT2D eigenvalue weighted by atomic mass is 19.1. The fourth-order valence-corrected chi connectivity index (χ4v) is 3.35. The van der Waals surface area contributed by atoms with Gasteiger partial charge in [0.2, 0.25) is 0 Å². The standard InChI is InChI=1S/C19H14FNO4/c20-13-6-3-5-12(11-13)19(9-4-10-19)18(24)25-21-16(22)14-7-1-2-8-15(14)17(21)23/h1-3,5-8,11H,4,9-10H2. The van der Waals surface area contributed by atoms with E-state index in [9.17, 15) is 18.8 Å². The molecule has 0 N–H and O–H groups in total. The Labute approximate surface area is 143 Å². The van der Waals surface area contributed by atoms with E-state index in [-0.39, 0.29) is 11.1 Å². The Morgan fingerprint density at radius 2 is 1.64 bits per heavy atom. The summed E-state index contributed by atoms with van der Waals surface area (Å²) in [6.45, 7) is 0. The number of carbonyl (C=O) groups excluding carboxylic acids is 3. The Morgan fingerprint density at radius 1 is 1.00 bits per heavy atom. The lowest BCUT2D eigenvalue weighted by molar-refractivity contribution is -0.179. The van der Waals surface area contributed by atoms with Crippen molar-refractivity contribution in [2.45, 2.75) is 24.7 Å². The largest absolute Gasteiger partial charge is 0.343 e. The molecule has 0 unspecified atom stereocenters. The van der Waals surface area contributed by atoms with Crippen molar-refractivity contribution in [3.63, 3.8) is 0 Å². The molecule has 2 aromatic rings.